The van der Waals surface area contributed by atoms with Crippen molar-refractivity contribution in [2.24, 2.45) is 5.92 Å². The first kappa shape index (κ1) is 14.9. The summed E-state index contributed by atoms with van der Waals surface area (Å²) in [7, 11) is 2.25. The summed E-state index contributed by atoms with van der Waals surface area (Å²) < 4.78 is 0. The minimum atomic E-state index is 0.726. The SMILES string of the molecule is CCNC1CCCCC1CN(C)Cc1scnc1C. The van der Waals surface area contributed by atoms with Gasteiger partial charge in [-0.15, -0.1) is 11.3 Å². The summed E-state index contributed by atoms with van der Waals surface area (Å²) in [4.78, 5) is 8.23. The third-order valence-corrected chi connectivity index (χ3v) is 5.10. The number of hydrogen-bond acceptors (Lipinski definition) is 4. The zero-order valence-electron chi connectivity index (χ0n) is 12.5. The van der Waals surface area contributed by atoms with Gasteiger partial charge >= 0.3 is 0 Å². The van der Waals surface area contributed by atoms with Crippen LogP contribution in [0.3, 0.4) is 0 Å². The van der Waals surface area contributed by atoms with Crippen LogP contribution in [0.1, 0.15) is 43.2 Å². The lowest BCUT2D eigenvalue weighted by Gasteiger charge is -2.34. The van der Waals surface area contributed by atoms with Gasteiger partial charge < -0.3 is 10.2 Å². The molecule has 108 valence electrons. The Morgan fingerprint density at radius 2 is 2.21 bits per heavy atom. The van der Waals surface area contributed by atoms with Crippen LogP contribution in [0, 0.1) is 12.8 Å². The molecule has 2 unspecified atom stereocenters. The Hall–Kier alpha value is -0.450. The zero-order chi connectivity index (χ0) is 13.7. The average molecular weight is 281 g/mol. The molecule has 2 rings (SSSR count). The summed E-state index contributed by atoms with van der Waals surface area (Å²) in [5, 5.41) is 3.67. The Morgan fingerprint density at radius 3 is 2.89 bits per heavy atom. The largest absolute Gasteiger partial charge is 0.314 e. The second kappa shape index (κ2) is 7.36. The van der Waals surface area contributed by atoms with Crippen molar-refractivity contribution >= 4 is 11.3 Å². The number of aryl methyl sites for hydroxylation is 1. The topological polar surface area (TPSA) is 28.2 Å². The Balaban J connectivity index is 1.86. The van der Waals surface area contributed by atoms with Crippen molar-refractivity contribution in [3.05, 3.63) is 16.1 Å². The molecule has 0 spiro atoms. The van der Waals surface area contributed by atoms with Gasteiger partial charge in [-0.2, -0.15) is 0 Å². The number of hydrogen-bond donors (Lipinski definition) is 1. The minimum Gasteiger partial charge on any atom is -0.314 e. The first-order valence-corrected chi connectivity index (χ1v) is 8.39. The van der Waals surface area contributed by atoms with E-state index in [9.17, 15) is 0 Å². The van der Waals surface area contributed by atoms with Crippen molar-refractivity contribution in [3.63, 3.8) is 0 Å². The van der Waals surface area contributed by atoms with Gasteiger partial charge in [0.2, 0.25) is 0 Å². The fourth-order valence-corrected chi connectivity index (χ4v) is 4.00. The highest BCUT2D eigenvalue weighted by molar-refractivity contribution is 7.09. The fraction of sp³-hybridized carbons (Fsp3) is 0.800. The third-order valence-electron chi connectivity index (χ3n) is 4.18. The standard InChI is InChI=1S/C15H27N3S/c1-4-16-14-8-6-5-7-13(14)9-18(3)10-15-12(2)17-11-19-15/h11,13-14,16H,4-10H2,1-3H3. The molecule has 0 aromatic carbocycles. The predicted molar refractivity (Wildman–Crippen MR) is 82.6 cm³/mol. The summed E-state index contributed by atoms with van der Waals surface area (Å²) >= 11 is 1.78. The van der Waals surface area contributed by atoms with Crippen LogP contribution >= 0.6 is 11.3 Å². The molecule has 1 aromatic rings. The van der Waals surface area contributed by atoms with Gasteiger partial charge in [-0.05, 0) is 39.3 Å². The van der Waals surface area contributed by atoms with E-state index in [4.69, 9.17) is 0 Å². The van der Waals surface area contributed by atoms with E-state index in [1.54, 1.807) is 11.3 Å². The van der Waals surface area contributed by atoms with Crippen LogP contribution in [0.4, 0.5) is 0 Å². The van der Waals surface area contributed by atoms with Gasteiger partial charge in [-0.25, -0.2) is 4.98 Å². The molecule has 3 nitrogen and oxygen atoms in total. The minimum absolute atomic E-state index is 0.726. The smallest absolute Gasteiger partial charge is 0.0798 e. The maximum Gasteiger partial charge on any atom is 0.0798 e. The Bertz CT molecular complexity index is 375. The molecule has 1 aliphatic carbocycles. The molecular weight excluding hydrogens is 254 g/mol. The van der Waals surface area contributed by atoms with Gasteiger partial charge in [0.05, 0.1) is 11.2 Å². The number of rotatable bonds is 6. The summed E-state index contributed by atoms with van der Waals surface area (Å²) in [6, 6.07) is 0.726. The Morgan fingerprint density at radius 1 is 1.42 bits per heavy atom. The molecule has 19 heavy (non-hydrogen) atoms. The van der Waals surface area contributed by atoms with Crippen LogP contribution < -0.4 is 5.32 Å². The Labute approximate surface area is 121 Å². The first-order valence-electron chi connectivity index (χ1n) is 7.51. The molecular formula is C15H27N3S. The van der Waals surface area contributed by atoms with E-state index in [1.165, 1.54) is 42.8 Å². The van der Waals surface area contributed by atoms with Gasteiger partial charge in [0, 0.05) is 24.0 Å². The van der Waals surface area contributed by atoms with Crippen molar-refractivity contribution in [3.8, 4) is 0 Å². The van der Waals surface area contributed by atoms with Crippen LogP contribution in [0.25, 0.3) is 0 Å². The fourth-order valence-electron chi connectivity index (χ4n) is 3.15. The second-order valence-electron chi connectivity index (χ2n) is 5.77. The van der Waals surface area contributed by atoms with Crippen LogP contribution in [-0.4, -0.2) is 36.1 Å². The highest BCUT2D eigenvalue weighted by Crippen LogP contribution is 2.26. The summed E-state index contributed by atoms with van der Waals surface area (Å²) in [6.45, 7) is 7.68. The molecule has 1 fully saturated rings. The third kappa shape index (κ3) is 4.26. The van der Waals surface area contributed by atoms with Crippen molar-refractivity contribution in [1.29, 1.82) is 0 Å². The number of thiazole rings is 1. The molecule has 2 atom stereocenters. The van der Waals surface area contributed by atoms with E-state index in [1.807, 2.05) is 5.51 Å². The van der Waals surface area contributed by atoms with Gasteiger partial charge in [-0.3, -0.25) is 0 Å². The quantitative estimate of drug-likeness (QED) is 0.868. The van der Waals surface area contributed by atoms with Crippen molar-refractivity contribution in [2.75, 3.05) is 20.1 Å². The molecule has 0 bridgehead atoms. The molecule has 1 N–H and O–H groups in total. The summed E-state index contributed by atoms with van der Waals surface area (Å²) in [5.41, 5.74) is 3.16. The van der Waals surface area contributed by atoms with Gasteiger partial charge in [0.25, 0.3) is 0 Å². The molecule has 1 heterocycles. The maximum atomic E-state index is 4.34. The number of aromatic nitrogens is 1. The van der Waals surface area contributed by atoms with E-state index in [-0.39, 0.29) is 0 Å². The molecule has 1 aromatic heterocycles. The highest BCUT2D eigenvalue weighted by atomic mass is 32.1. The van der Waals surface area contributed by atoms with E-state index >= 15 is 0 Å². The van der Waals surface area contributed by atoms with Gasteiger partial charge in [-0.1, -0.05) is 19.8 Å². The lowest BCUT2D eigenvalue weighted by molar-refractivity contribution is 0.187. The van der Waals surface area contributed by atoms with Crippen LogP contribution in [0.5, 0.6) is 0 Å². The molecule has 0 radical (unpaired) electrons. The molecule has 1 aliphatic rings. The van der Waals surface area contributed by atoms with Gasteiger partial charge in [0.1, 0.15) is 0 Å². The average Bonchev–Trinajstić information content (AvgIpc) is 2.78. The number of nitrogens with zero attached hydrogens (tertiary/aromatic N) is 2. The molecule has 0 saturated heterocycles. The highest BCUT2D eigenvalue weighted by Gasteiger charge is 2.25. The summed E-state index contributed by atoms with van der Waals surface area (Å²) in [5.74, 6) is 0.812. The molecule has 1 saturated carbocycles. The van der Waals surface area contributed by atoms with Crippen LogP contribution in [0.2, 0.25) is 0 Å². The monoisotopic (exact) mass is 281 g/mol. The van der Waals surface area contributed by atoms with Crippen LogP contribution in [0.15, 0.2) is 5.51 Å². The molecule has 0 amide bonds. The lowest BCUT2D eigenvalue weighted by atomic mass is 9.84. The maximum absolute atomic E-state index is 4.34. The second-order valence-corrected chi connectivity index (χ2v) is 6.71. The summed E-state index contributed by atoms with van der Waals surface area (Å²) in [6.07, 6.45) is 5.53. The van der Waals surface area contributed by atoms with Crippen molar-refractivity contribution in [2.45, 2.75) is 52.1 Å². The molecule has 0 aliphatic heterocycles. The first-order chi connectivity index (χ1) is 9.20. The Kier molecular flexibility index (Phi) is 5.79. The van der Waals surface area contributed by atoms with E-state index in [2.05, 4.69) is 36.1 Å². The normalized spacial score (nSPS) is 24.0. The predicted octanol–water partition coefficient (Wildman–Crippen LogP) is 3.05. The van der Waals surface area contributed by atoms with Crippen molar-refractivity contribution in [1.82, 2.24) is 15.2 Å². The van der Waals surface area contributed by atoms with E-state index in [0.29, 0.717) is 0 Å². The van der Waals surface area contributed by atoms with Crippen LogP contribution in [-0.2, 0) is 6.54 Å². The number of nitrogens with one attached hydrogen (secondary N) is 1. The lowest BCUT2D eigenvalue weighted by Crippen LogP contribution is -2.43. The van der Waals surface area contributed by atoms with E-state index < -0.39 is 0 Å². The van der Waals surface area contributed by atoms with Gasteiger partial charge in [0.15, 0.2) is 0 Å². The molecule has 4 heteroatoms. The van der Waals surface area contributed by atoms with E-state index in [0.717, 1.165) is 25.0 Å². The van der Waals surface area contributed by atoms with Crippen molar-refractivity contribution < 1.29 is 0 Å². The zero-order valence-corrected chi connectivity index (χ0v) is 13.3.